The average Bonchev–Trinajstić information content (AvgIpc) is 3.50. The molecule has 3 heterocycles. The van der Waals surface area contributed by atoms with Crippen LogP contribution in [0.3, 0.4) is 0 Å². The Hall–Kier alpha value is -4.84. The third-order valence-corrected chi connectivity index (χ3v) is 9.15. The minimum Gasteiger partial charge on any atom is -0.497 e. The topological polar surface area (TPSA) is 54.1 Å². The Morgan fingerprint density at radius 3 is 2.45 bits per heavy atom. The normalized spacial score (nSPS) is 16.8. The van der Waals surface area contributed by atoms with Gasteiger partial charge in [-0.05, 0) is 88.4 Å². The fourth-order valence-corrected chi connectivity index (χ4v) is 7.14. The number of para-hydroxylation sites is 1. The molecule has 0 fully saturated rings. The lowest BCUT2D eigenvalue weighted by Gasteiger charge is -2.29. The van der Waals surface area contributed by atoms with Crippen molar-refractivity contribution in [1.29, 1.82) is 0 Å². The molecule has 0 spiro atoms. The molecule has 6 heteroatoms. The Kier molecular flexibility index (Phi) is 7.00. The Morgan fingerprint density at radius 1 is 0.818 bits per heavy atom. The minimum absolute atomic E-state index is 0.413. The molecule has 2 atom stereocenters. The van der Waals surface area contributed by atoms with E-state index in [-0.39, 0.29) is 0 Å². The number of fused-ring (bicyclic) bond motifs is 3. The molecule has 3 aromatic carbocycles. The zero-order valence-corrected chi connectivity index (χ0v) is 26.3. The van der Waals surface area contributed by atoms with Crippen molar-refractivity contribution < 1.29 is 9.47 Å². The van der Waals surface area contributed by atoms with Crippen molar-refractivity contribution in [3.8, 4) is 28.8 Å². The molecular formula is C38H38N4O2. The molecule has 6 aromatic rings. The van der Waals surface area contributed by atoms with E-state index >= 15 is 0 Å². The second-order valence-corrected chi connectivity index (χ2v) is 12.2. The summed E-state index contributed by atoms with van der Waals surface area (Å²) in [5, 5.41) is 7.35. The van der Waals surface area contributed by atoms with Gasteiger partial charge in [0.05, 0.1) is 29.5 Å². The molecule has 7 rings (SSSR count). The van der Waals surface area contributed by atoms with E-state index in [1.807, 2.05) is 18.2 Å². The molecule has 0 aliphatic heterocycles. The van der Waals surface area contributed by atoms with Gasteiger partial charge in [-0.15, -0.1) is 0 Å². The highest BCUT2D eigenvalue weighted by molar-refractivity contribution is 6.09. The average molecular weight is 583 g/mol. The van der Waals surface area contributed by atoms with Gasteiger partial charge in [0.25, 0.3) is 0 Å². The van der Waals surface area contributed by atoms with Crippen LogP contribution in [0.1, 0.15) is 55.1 Å². The van der Waals surface area contributed by atoms with Crippen LogP contribution in [0.2, 0.25) is 0 Å². The number of rotatable bonds is 6. The minimum atomic E-state index is 0.413. The number of pyridine rings is 1. The van der Waals surface area contributed by atoms with Crippen molar-refractivity contribution in [1.82, 2.24) is 19.3 Å². The first kappa shape index (κ1) is 28.0. The first-order chi connectivity index (χ1) is 21.3. The number of hydrogen-bond acceptors (Lipinski definition) is 4. The van der Waals surface area contributed by atoms with Crippen LogP contribution in [0.5, 0.6) is 17.2 Å². The SMILES string of the molecule is COc1ccnc(-n2c3ccccc3c3ccc(Oc4cc(C)cc(-n5nc(C)c([C@@H]6C(C)=CCC[C@@H]6C)c5C)c4)cc32)c1. The van der Waals surface area contributed by atoms with E-state index in [4.69, 9.17) is 14.6 Å². The van der Waals surface area contributed by atoms with Crippen LogP contribution in [0.4, 0.5) is 0 Å². The number of methoxy groups -OCH3 is 1. The number of nitrogens with zero attached hydrogens (tertiary/aromatic N) is 4. The molecule has 0 bridgehead atoms. The lowest BCUT2D eigenvalue weighted by molar-refractivity contribution is 0.414. The third-order valence-electron chi connectivity index (χ3n) is 9.15. The van der Waals surface area contributed by atoms with Crippen molar-refractivity contribution in [3.63, 3.8) is 0 Å². The van der Waals surface area contributed by atoms with Crippen LogP contribution in [0.25, 0.3) is 33.3 Å². The summed E-state index contributed by atoms with van der Waals surface area (Å²) >= 11 is 0. The van der Waals surface area contributed by atoms with Crippen molar-refractivity contribution in [3.05, 3.63) is 113 Å². The van der Waals surface area contributed by atoms with E-state index in [2.05, 4.69) is 110 Å². The van der Waals surface area contributed by atoms with Gasteiger partial charge in [0.2, 0.25) is 0 Å². The predicted molar refractivity (Wildman–Crippen MR) is 178 cm³/mol. The van der Waals surface area contributed by atoms with Gasteiger partial charge in [-0.3, -0.25) is 4.57 Å². The summed E-state index contributed by atoms with van der Waals surface area (Å²) in [4.78, 5) is 4.69. The number of aromatic nitrogens is 4. The molecule has 3 aromatic heterocycles. The van der Waals surface area contributed by atoms with Crippen molar-refractivity contribution >= 4 is 21.8 Å². The quantitative estimate of drug-likeness (QED) is 0.184. The van der Waals surface area contributed by atoms with Crippen LogP contribution in [-0.4, -0.2) is 26.4 Å². The lowest BCUT2D eigenvalue weighted by atomic mass is 9.75. The van der Waals surface area contributed by atoms with E-state index < -0.39 is 0 Å². The summed E-state index contributed by atoms with van der Waals surface area (Å²) in [6.45, 7) is 11.1. The molecule has 0 radical (unpaired) electrons. The molecule has 222 valence electrons. The summed E-state index contributed by atoms with van der Waals surface area (Å²) in [6, 6.07) is 24.8. The zero-order valence-electron chi connectivity index (χ0n) is 26.3. The van der Waals surface area contributed by atoms with Crippen LogP contribution in [0.15, 0.2) is 90.6 Å². The summed E-state index contributed by atoms with van der Waals surface area (Å²) in [6.07, 6.45) is 6.56. The highest BCUT2D eigenvalue weighted by atomic mass is 16.5. The van der Waals surface area contributed by atoms with Gasteiger partial charge in [-0.25, -0.2) is 9.67 Å². The molecule has 0 N–H and O–H groups in total. The van der Waals surface area contributed by atoms with Crippen molar-refractivity contribution in [2.45, 2.75) is 53.4 Å². The molecule has 0 amide bonds. The number of ether oxygens (including phenoxy) is 2. The van der Waals surface area contributed by atoms with E-state index in [0.29, 0.717) is 11.8 Å². The van der Waals surface area contributed by atoms with Gasteiger partial charge in [-0.2, -0.15) is 5.10 Å². The third kappa shape index (κ3) is 4.75. The van der Waals surface area contributed by atoms with Crippen LogP contribution in [-0.2, 0) is 0 Å². The maximum Gasteiger partial charge on any atom is 0.141 e. The largest absolute Gasteiger partial charge is 0.497 e. The Balaban J connectivity index is 1.29. The summed E-state index contributed by atoms with van der Waals surface area (Å²) < 4.78 is 16.4. The van der Waals surface area contributed by atoms with Gasteiger partial charge in [-0.1, -0.05) is 36.8 Å². The van der Waals surface area contributed by atoms with Gasteiger partial charge in [0.15, 0.2) is 0 Å². The summed E-state index contributed by atoms with van der Waals surface area (Å²) in [5.41, 5.74) is 9.34. The molecule has 0 saturated heterocycles. The highest BCUT2D eigenvalue weighted by Crippen LogP contribution is 2.42. The molecule has 1 aliphatic rings. The standard InChI is InChI=1S/C38H38N4O2/c1-23-18-28(42-27(5)38(26(4)40-42)37-24(2)10-9-11-25(37)3)20-31(19-23)44-30-14-15-33-32-12-7-8-13-34(32)41(35(33)21-30)36-22-29(43-6)16-17-39-36/h7-8,10,12-22,25,37H,9,11H2,1-6H3/t25-,37+/m0/s1. The number of aryl methyl sites for hydroxylation is 2. The number of hydrogen-bond donors (Lipinski definition) is 0. The fourth-order valence-electron chi connectivity index (χ4n) is 7.14. The number of benzene rings is 3. The van der Waals surface area contributed by atoms with Crippen molar-refractivity contribution in [2.24, 2.45) is 5.92 Å². The summed E-state index contributed by atoms with van der Waals surface area (Å²) in [5.74, 6) is 4.10. The van der Waals surface area contributed by atoms with Gasteiger partial charge in [0.1, 0.15) is 23.1 Å². The molecule has 0 unspecified atom stereocenters. The first-order valence-corrected chi connectivity index (χ1v) is 15.4. The first-order valence-electron chi connectivity index (χ1n) is 15.4. The maximum absolute atomic E-state index is 6.58. The van der Waals surface area contributed by atoms with Crippen molar-refractivity contribution in [2.75, 3.05) is 7.11 Å². The predicted octanol–water partition coefficient (Wildman–Crippen LogP) is 9.55. The van der Waals surface area contributed by atoms with E-state index in [1.165, 1.54) is 23.3 Å². The second-order valence-electron chi connectivity index (χ2n) is 12.2. The maximum atomic E-state index is 6.58. The zero-order chi connectivity index (χ0) is 30.5. The second kappa shape index (κ2) is 11.0. The van der Waals surface area contributed by atoms with E-state index in [0.717, 1.165) is 68.2 Å². The smallest absolute Gasteiger partial charge is 0.141 e. The Bertz CT molecular complexity index is 2070. The van der Waals surface area contributed by atoms with E-state index in [9.17, 15) is 0 Å². The Morgan fingerprint density at radius 2 is 1.64 bits per heavy atom. The van der Waals surface area contributed by atoms with E-state index in [1.54, 1.807) is 13.3 Å². The fraction of sp³-hybridized carbons (Fsp3) is 0.263. The molecule has 6 nitrogen and oxygen atoms in total. The Labute approximate surface area is 258 Å². The lowest BCUT2D eigenvalue weighted by Crippen LogP contribution is -2.16. The van der Waals surface area contributed by atoms with Gasteiger partial charge < -0.3 is 9.47 Å². The van der Waals surface area contributed by atoms with Gasteiger partial charge >= 0.3 is 0 Å². The molecular weight excluding hydrogens is 544 g/mol. The molecule has 0 saturated carbocycles. The van der Waals surface area contributed by atoms with Crippen LogP contribution < -0.4 is 9.47 Å². The van der Waals surface area contributed by atoms with Gasteiger partial charge in [0, 0.05) is 52.3 Å². The van der Waals surface area contributed by atoms with Crippen LogP contribution in [0, 0.1) is 26.7 Å². The molecule has 44 heavy (non-hydrogen) atoms. The molecule has 1 aliphatic carbocycles. The monoisotopic (exact) mass is 582 g/mol. The number of allylic oxidation sites excluding steroid dienone is 2. The van der Waals surface area contributed by atoms with Crippen LogP contribution >= 0.6 is 0 Å². The highest BCUT2D eigenvalue weighted by Gasteiger charge is 2.29. The summed E-state index contributed by atoms with van der Waals surface area (Å²) in [7, 11) is 1.68.